The first-order chi connectivity index (χ1) is 8.59. The van der Waals surface area contributed by atoms with Crippen LogP contribution >= 0.6 is 0 Å². The topological polar surface area (TPSA) is 75.4 Å². The van der Waals surface area contributed by atoms with Crippen LogP contribution in [0.2, 0.25) is 0 Å². The summed E-state index contributed by atoms with van der Waals surface area (Å²) in [5, 5.41) is 3.01. The molecule has 0 aromatic heterocycles. The highest BCUT2D eigenvalue weighted by molar-refractivity contribution is 5.97. The maximum Gasteiger partial charge on any atom is 0.254 e. The fraction of sp³-hybridized carbons (Fsp3) is 0.333. The number of carbonyl (C=O) groups is 2. The molecule has 3 N–H and O–H groups in total. The van der Waals surface area contributed by atoms with E-state index >= 15 is 0 Å². The van der Waals surface area contributed by atoms with Gasteiger partial charge in [-0.25, -0.2) is 4.39 Å². The Morgan fingerprint density at radius 2 is 2.00 bits per heavy atom. The molecule has 1 saturated heterocycles. The Bertz CT molecular complexity index is 461. The number of primary amides is 1. The minimum Gasteiger partial charge on any atom is -0.368 e. The molecule has 96 valence electrons. The van der Waals surface area contributed by atoms with Crippen LogP contribution in [-0.4, -0.2) is 42.4 Å². The summed E-state index contributed by atoms with van der Waals surface area (Å²) in [5.41, 5.74) is 5.62. The van der Waals surface area contributed by atoms with E-state index < -0.39 is 17.8 Å². The van der Waals surface area contributed by atoms with Gasteiger partial charge in [0.25, 0.3) is 5.91 Å². The second-order valence-electron chi connectivity index (χ2n) is 4.13. The molecule has 1 aliphatic rings. The van der Waals surface area contributed by atoms with E-state index in [4.69, 9.17) is 5.73 Å². The molecular formula is C12H14FN3O2. The number of hydrogen-bond acceptors (Lipinski definition) is 3. The van der Waals surface area contributed by atoms with E-state index in [2.05, 4.69) is 5.32 Å². The smallest absolute Gasteiger partial charge is 0.254 e. The number of amides is 2. The van der Waals surface area contributed by atoms with Crippen LogP contribution in [0.25, 0.3) is 0 Å². The molecule has 5 nitrogen and oxygen atoms in total. The lowest BCUT2D eigenvalue weighted by Crippen LogP contribution is -2.58. The third-order valence-corrected chi connectivity index (χ3v) is 2.92. The van der Waals surface area contributed by atoms with Crippen LogP contribution in [0.4, 0.5) is 4.39 Å². The summed E-state index contributed by atoms with van der Waals surface area (Å²) in [6.45, 7) is 1.36. The normalized spacial score (nSPS) is 19.6. The van der Waals surface area contributed by atoms with Crippen molar-refractivity contribution >= 4 is 11.8 Å². The van der Waals surface area contributed by atoms with Gasteiger partial charge >= 0.3 is 0 Å². The molecule has 18 heavy (non-hydrogen) atoms. The zero-order chi connectivity index (χ0) is 13.1. The molecule has 0 spiro atoms. The number of rotatable bonds is 2. The van der Waals surface area contributed by atoms with Crippen LogP contribution in [0.5, 0.6) is 0 Å². The number of benzene rings is 1. The zero-order valence-electron chi connectivity index (χ0n) is 9.73. The molecule has 1 aliphatic heterocycles. The van der Waals surface area contributed by atoms with E-state index in [-0.39, 0.29) is 5.91 Å². The van der Waals surface area contributed by atoms with E-state index in [1.807, 2.05) is 0 Å². The Morgan fingerprint density at radius 3 is 2.61 bits per heavy atom. The fourth-order valence-electron chi connectivity index (χ4n) is 1.96. The van der Waals surface area contributed by atoms with E-state index in [1.54, 1.807) is 0 Å². The quantitative estimate of drug-likeness (QED) is 0.759. The first-order valence-corrected chi connectivity index (χ1v) is 5.66. The van der Waals surface area contributed by atoms with Crippen molar-refractivity contribution in [3.63, 3.8) is 0 Å². The summed E-state index contributed by atoms with van der Waals surface area (Å²) in [6, 6.07) is 4.58. The van der Waals surface area contributed by atoms with Crippen molar-refractivity contribution in [1.29, 1.82) is 0 Å². The number of piperazine rings is 1. The van der Waals surface area contributed by atoms with Gasteiger partial charge in [0.05, 0.1) is 0 Å². The standard InChI is InChI=1S/C12H14FN3O2/c13-9-3-1-8(2-4-9)12(18)16-6-5-15-7-10(16)11(14)17/h1-4,10,15H,5-7H2,(H2,14,17)/t10-/m0/s1. The Balaban J connectivity index is 2.20. The average Bonchev–Trinajstić information content (AvgIpc) is 2.39. The van der Waals surface area contributed by atoms with Gasteiger partial charge in [0.1, 0.15) is 11.9 Å². The molecule has 0 radical (unpaired) electrons. The molecule has 6 heteroatoms. The number of halogens is 1. The number of hydrogen-bond donors (Lipinski definition) is 2. The summed E-state index contributed by atoms with van der Waals surface area (Å²) in [5.74, 6) is -1.25. The molecule has 0 saturated carbocycles. The van der Waals surface area contributed by atoms with Crippen molar-refractivity contribution in [2.45, 2.75) is 6.04 Å². The first-order valence-electron chi connectivity index (χ1n) is 5.66. The minimum absolute atomic E-state index is 0.305. The van der Waals surface area contributed by atoms with Crippen LogP contribution in [0.1, 0.15) is 10.4 Å². The Labute approximate surface area is 104 Å². The van der Waals surface area contributed by atoms with Gasteiger partial charge in [-0.2, -0.15) is 0 Å². The second-order valence-corrected chi connectivity index (χ2v) is 4.13. The minimum atomic E-state index is -0.656. The van der Waals surface area contributed by atoms with E-state index in [0.29, 0.717) is 25.2 Å². The van der Waals surface area contributed by atoms with Gasteiger partial charge in [-0.1, -0.05) is 0 Å². The Hall–Kier alpha value is -1.95. The molecule has 1 fully saturated rings. The van der Waals surface area contributed by atoms with E-state index in [0.717, 1.165) is 0 Å². The highest BCUT2D eigenvalue weighted by Crippen LogP contribution is 2.11. The van der Waals surface area contributed by atoms with Gasteiger partial charge in [-0.05, 0) is 24.3 Å². The maximum absolute atomic E-state index is 12.8. The predicted molar refractivity (Wildman–Crippen MR) is 63.3 cm³/mol. The average molecular weight is 251 g/mol. The van der Waals surface area contributed by atoms with Gasteiger partial charge in [0.2, 0.25) is 5.91 Å². The van der Waals surface area contributed by atoms with Crippen molar-refractivity contribution in [3.8, 4) is 0 Å². The lowest BCUT2D eigenvalue weighted by atomic mass is 10.1. The highest BCUT2D eigenvalue weighted by Gasteiger charge is 2.30. The van der Waals surface area contributed by atoms with Gasteiger partial charge in [-0.3, -0.25) is 9.59 Å². The third-order valence-electron chi connectivity index (χ3n) is 2.92. The molecular weight excluding hydrogens is 237 g/mol. The summed E-state index contributed by atoms with van der Waals surface area (Å²) in [7, 11) is 0. The van der Waals surface area contributed by atoms with Crippen molar-refractivity contribution < 1.29 is 14.0 Å². The monoisotopic (exact) mass is 251 g/mol. The fourth-order valence-corrected chi connectivity index (χ4v) is 1.96. The largest absolute Gasteiger partial charge is 0.368 e. The molecule has 0 aliphatic carbocycles. The molecule has 1 atom stereocenters. The Morgan fingerprint density at radius 1 is 1.33 bits per heavy atom. The molecule has 2 rings (SSSR count). The van der Waals surface area contributed by atoms with E-state index in [1.165, 1.54) is 29.2 Å². The van der Waals surface area contributed by atoms with Gasteiger partial charge in [0.15, 0.2) is 0 Å². The van der Waals surface area contributed by atoms with Crippen LogP contribution in [0, 0.1) is 5.82 Å². The van der Waals surface area contributed by atoms with Crippen LogP contribution in [0.3, 0.4) is 0 Å². The highest BCUT2D eigenvalue weighted by atomic mass is 19.1. The van der Waals surface area contributed by atoms with Gasteiger partial charge in [0, 0.05) is 25.2 Å². The predicted octanol–water partition coefficient (Wildman–Crippen LogP) is -0.275. The van der Waals surface area contributed by atoms with Crippen LogP contribution in [0.15, 0.2) is 24.3 Å². The summed E-state index contributed by atoms with van der Waals surface area (Å²) >= 11 is 0. The number of nitrogens with zero attached hydrogens (tertiary/aromatic N) is 1. The molecule has 1 aromatic rings. The maximum atomic E-state index is 12.8. The molecule has 1 aromatic carbocycles. The zero-order valence-corrected chi connectivity index (χ0v) is 9.73. The molecule has 0 unspecified atom stereocenters. The Kier molecular flexibility index (Phi) is 3.57. The molecule has 2 amide bonds. The molecule has 0 bridgehead atoms. The molecule has 1 heterocycles. The van der Waals surface area contributed by atoms with Crippen LogP contribution < -0.4 is 11.1 Å². The number of nitrogens with one attached hydrogen (secondary N) is 1. The number of carbonyl (C=O) groups excluding carboxylic acids is 2. The van der Waals surface area contributed by atoms with Gasteiger partial charge in [-0.15, -0.1) is 0 Å². The van der Waals surface area contributed by atoms with Crippen molar-refractivity contribution in [2.75, 3.05) is 19.6 Å². The lowest BCUT2D eigenvalue weighted by Gasteiger charge is -2.34. The second kappa shape index (κ2) is 5.14. The van der Waals surface area contributed by atoms with Gasteiger partial charge < -0.3 is 16.0 Å². The van der Waals surface area contributed by atoms with Crippen molar-refractivity contribution in [3.05, 3.63) is 35.6 Å². The summed E-state index contributed by atoms with van der Waals surface area (Å²) in [4.78, 5) is 24.9. The van der Waals surface area contributed by atoms with E-state index in [9.17, 15) is 14.0 Å². The van der Waals surface area contributed by atoms with Crippen molar-refractivity contribution in [2.24, 2.45) is 5.73 Å². The van der Waals surface area contributed by atoms with Crippen LogP contribution in [-0.2, 0) is 4.79 Å². The first kappa shape index (κ1) is 12.5. The van der Waals surface area contributed by atoms with Crippen molar-refractivity contribution in [1.82, 2.24) is 10.2 Å². The number of nitrogens with two attached hydrogens (primary N) is 1. The SMILES string of the molecule is NC(=O)[C@@H]1CNCCN1C(=O)c1ccc(F)cc1. The summed E-state index contributed by atoms with van der Waals surface area (Å²) < 4.78 is 12.8. The summed E-state index contributed by atoms with van der Waals surface area (Å²) in [6.07, 6.45) is 0. The lowest BCUT2D eigenvalue weighted by molar-refractivity contribution is -0.122. The third kappa shape index (κ3) is 2.48.